The van der Waals surface area contributed by atoms with Gasteiger partial charge in [-0.2, -0.15) is 0 Å². The first-order valence-corrected chi connectivity index (χ1v) is 5.30. The second-order valence-electron chi connectivity index (χ2n) is 3.52. The molecule has 0 spiro atoms. The minimum atomic E-state index is -0.510. The Hall–Kier alpha value is -2.65. The number of hydrogen-bond donors (Lipinski definition) is 2. The Bertz CT molecular complexity index is 642. The van der Waals surface area contributed by atoms with Crippen LogP contribution in [0.3, 0.4) is 0 Å². The summed E-state index contributed by atoms with van der Waals surface area (Å²) in [6.45, 7) is -0.372. The largest absolute Gasteiger partial charge is 0.384 e. The maximum atomic E-state index is 13.1. The fraction of sp³-hybridized carbons (Fsp3) is 0.0769. The second kappa shape index (κ2) is 5.80. The van der Waals surface area contributed by atoms with E-state index in [9.17, 15) is 9.18 Å². The van der Waals surface area contributed by atoms with Gasteiger partial charge in [-0.25, -0.2) is 4.39 Å². The van der Waals surface area contributed by atoms with E-state index < -0.39 is 11.7 Å². The summed E-state index contributed by atoms with van der Waals surface area (Å²) in [5.74, 6) is 3.92. The zero-order valence-corrected chi connectivity index (χ0v) is 9.68. The standard InChI is InChI=1S/C13H9FN2O3/c14-10-3-4-12(9(6-10)2-1-5-17)13(18)16-11-7-15-19-8-11/h3-4,6-8,17H,5H2,(H,16,18). The first-order valence-electron chi connectivity index (χ1n) is 5.30. The van der Waals surface area contributed by atoms with E-state index in [0.717, 1.165) is 12.1 Å². The Kier molecular flexibility index (Phi) is 3.90. The van der Waals surface area contributed by atoms with Crippen molar-refractivity contribution in [2.75, 3.05) is 11.9 Å². The summed E-state index contributed by atoms with van der Waals surface area (Å²) in [5, 5.41) is 14.6. The van der Waals surface area contributed by atoms with Gasteiger partial charge in [-0.05, 0) is 18.2 Å². The molecule has 2 rings (SSSR count). The molecule has 0 saturated carbocycles. The fourth-order valence-electron chi connectivity index (χ4n) is 1.42. The van der Waals surface area contributed by atoms with Gasteiger partial charge in [0, 0.05) is 5.56 Å². The molecule has 0 saturated heterocycles. The number of amides is 1. The Morgan fingerprint density at radius 1 is 1.53 bits per heavy atom. The first-order chi connectivity index (χ1) is 9.20. The average molecular weight is 260 g/mol. The molecule has 6 heteroatoms. The molecule has 19 heavy (non-hydrogen) atoms. The van der Waals surface area contributed by atoms with Gasteiger partial charge in [0.1, 0.15) is 24.4 Å². The molecule has 1 aromatic carbocycles. The van der Waals surface area contributed by atoms with E-state index in [1.165, 1.54) is 18.5 Å². The summed E-state index contributed by atoms with van der Waals surface area (Å²) in [6, 6.07) is 3.61. The highest BCUT2D eigenvalue weighted by Crippen LogP contribution is 2.13. The van der Waals surface area contributed by atoms with Crippen LogP contribution >= 0.6 is 0 Å². The minimum absolute atomic E-state index is 0.197. The van der Waals surface area contributed by atoms with E-state index in [4.69, 9.17) is 5.11 Å². The number of aliphatic hydroxyl groups excluding tert-OH is 1. The van der Waals surface area contributed by atoms with E-state index in [0.29, 0.717) is 5.69 Å². The van der Waals surface area contributed by atoms with Crippen molar-refractivity contribution in [3.63, 3.8) is 0 Å². The number of carbonyl (C=O) groups excluding carboxylic acids is 1. The number of carbonyl (C=O) groups is 1. The lowest BCUT2D eigenvalue weighted by atomic mass is 10.1. The van der Waals surface area contributed by atoms with E-state index >= 15 is 0 Å². The number of aromatic nitrogens is 1. The molecule has 96 valence electrons. The minimum Gasteiger partial charge on any atom is -0.384 e. The molecular weight excluding hydrogens is 251 g/mol. The molecule has 0 aliphatic heterocycles. The second-order valence-corrected chi connectivity index (χ2v) is 3.52. The first kappa shape index (κ1) is 12.8. The van der Waals surface area contributed by atoms with Crippen LogP contribution in [0.2, 0.25) is 0 Å². The van der Waals surface area contributed by atoms with Crippen molar-refractivity contribution >= 4 is 11.6 Å². The molecule has 0 unspecified atom stereocenters. The van der Waals surface area contributed by atoms with Crippen LogP contribution in [-0.4, -0.2) is 22.8 Å². The molecular formula is C13H9FN2O3. The van der Waals surface area contributed by atoms with E-state index in [2.05, 4.69) is 26.8 Å². The van der Waals surface area contributed by atoms with Crippen LogP contribution < -0.4 is 5.32 Å². The molecule has 1 heterocycles. The molecule has 0 aliphatic carbocycles. The van der Waals surface area contributed by atoms with Crippen LogP contribution in [0.5, 0.6) is 0 Å². The smallest absolute Gasteiger partial charge is 0.257 e. The Labute approximate surface area is 108 Å². The Morgan fingerprint density at radius 2 is 2.37 bits per heavy atom. The molecule has 0 fully saturated rings. The van der Waals surface area contributed by atoms with Crippen molar-refractivity contribution in [2.45, 2.75) is 0 Å². The van der Waals surface area contributed by atoms with E-state index in [1.54, 1.807) is 0 Å². The number of benzene rings is 1. The third kappa shape index (κ3) is 3.18. The van der Waals surface area contributed by atoms with Crippen molar-refractivity contribution in [2.24, 2.45) is 0 Å². The maximum absolute atomic E-state index is 13.1. The van der Waals surface area contributed by atoms with Crippen LogP contribution in [0.25, 0.3) is 0 Å². The van der Waals surface area contributed by atoms with Gasteiger partial charge in [0.05, 0.1) is 11.8 Å². The predicted molar refractivity (Wildman–Crippen MR) is 64.8 cm³/mol. The third-order valence-corrected chi connectivity index (χ3v) is 2.22. The van der Waals surface area contributed by atoms with E-state index in [1.807, 2.05) is 0 Å². The summed E-state index contributed by atoms with van der Waals surface area (Å²) in [6.07, 6.45) is 2.60. The number of nitrogens with one attached hydrogen (secondary N) is 1. The number of halogens is 1. The lowest BCUT2D eigenvalue weighted by Gasteiger charge is -2.04. The van der Waals surface area contributed by atoms with Gasteiger partial charge in [-0.3, -0.25) is 4.79 Å². The molecule has 1 amide bonds. The maximum Gasteiger partial charge on any atom is 0.257 e. The summed E-state index contributed by atoms with van der Waals surface area (Å²) < 4.78 is 17.7. The lowest BCUT2D eigenvalue weighted by Crippen LogP contribution is -2.13. The summed E-state index contributed by atoms with van der Waals surface area (Å²) >= 11 is 0. The zero-order valence-electron chi connectivity index (χ0n) is 9.68. The van der Waals surface area contributed by atoms with Crippen LogP contribution in [-0.2, 0) is 0 Å². The van der Waals surface area contributed by atoms with Gasteiger partial charge >= 0.3 is 0 Å². The molecule has 0 aliphatic rings. The van der Waals surface area contributed by atoms with Crippen molar-refractivity contribution in [1.82, 2.24) is 5.16 Å². The number of hydrogen-bond acceptors (Lipinski definition) is 4. The molecule has 2 aromatic rings. The molecule has 0 radical (unpaired) electrons. The van der Waals surface area contributed by atoms with Gasteiger partial charge in [-0.1, -0.05) is 17.0 Å². The monoisotopic (exact) mass is 260 g/mol. The summed E-state index contributed by atoms with van der Waals surface area (Å²) in [7, 11) is 0. The predicted octanol–water partition coefficient (Wildman–Crippen LogP) is 1.41. The third-order valence-electron chi connectivity index (χ3n) is 2.22. The SMILES string of the molecule is O=C(Nc1cnoc1)c1ccc(F)cc1C#CCO. The van der Waals surface area contributed by atoms with Gasteiger partial charge < -0.3 is 14.9 Å². The molecule has 2 N–H and O–H groups in total. The number of anilines is 1. The van der Waals surface area contributed by atoms with Gasteiger partial charge in [0.2, 0.25) is 0 Å². The Morgan fingerprint density at radius 3 is 3.05 bits per heavy atom. The summed E-state index contributed by atoms with van der Waals surface area (Å²) in [4.78, 5) is 12.0. The molecule has 5 nitrogen and oxygen atoms in total. The van der Waals surface area contributed by atoms with Crippen LogP contribution in [0.4, 0.5) is 10.1 Å². The average Bonchev–Trinajstić information content (AvgIpc) is 2.89. The zero-order chi connectivity index (χ0) is 13.7. The topological polar surface area (TPSA) is 75.4 Å². The van der Waals surface area contributed by atoms with Crippen LogP contribution in [0.15, 0.2) is 35.2 Å². The fourth-order valence-corrected chi connectivity index (χ4v) is 1.42. The van der Waals surface area contributed by atoms with Crippen molar-refractivity contribution in [1.29, 1.82) is 0 Å². The molecule has 0 atom stereocenters. The van der Waals surface area contributed by atoms with Gasteiger partial charge in [0.25, 0.3) is 5.91 Å². The molecule has 0 bridgehead atoms. The molecule has 1 aromatic heterocycles. The summed E-state index contributed by atoms with van der Waals surface area (Å²) in [5.41, 5.74) is 0.780. The van der Waals surface area contributed by atoms with Crippen molar-refractivity contribution in [3.8, 4) is 11.8 Å². The van der Waals surface area contributed by atoms with Gasteiger partial charge in [0.15, 0.2) is 0 Å². The number of nitrogens with zero attached hydrogens (tertiary/aromatic N) is 1. The van der Waals surface area contributed by atoms with Crippen molar-refractivity contribution in [3.05, 3.63) is 47.6 Å². The normalized spacial score (nSPS) is 9.58. The van der Waals surface area contributed by atoms with E-state index in [-0.39, 0.29) is 17.7 Å². The van der Waals surface area contributed by atoms with Gasteiger partial charge in [-0.15, -0.1) is 0 Å². The Balaban J connectivity index is 2.30. The quantitative estimate of drug-likeness (QED) is 0.800. The highest BCUT2D eigenvalue weighted by atomic mass is 19.1. The highest BCUT2D eigenvalue weighted by Gasteiger charge is 2.12. The van der Waals surface area contributed by atoms with Crippen LogP contribution in [0, 0.1) is 17.7 Å². The lowest BCUT2D eigenvalue weighted by molar-refractivity contribution is 0.102. The van der Waals surface area contributed by atoms with Crippen LogP contribution in [0.1, 0.15) is 15.9 Å². The highest BCUT2D eigenvalue weighted by molar-refractivity contribution is 6.05. The number of rotatable bonds is 2. The number of aliphatic hydroxyl groups is 1. The van der Waals surface area contributed by atoms with Crippen molar-refractivity contribution < 1.29 is 18.8 Å².